The Morgan fingerprint density at radius 3 is 2.86 bits per heavy atom. The topological polar surface area (TPSA) is 56.1 Å². The van der Waals surface area contributed by atoms with Crippen LogP contribution in [0.25, 0.3) is 0 Å². The van der Waals surface area contributed by atoms with Crippen molar-refractivity contribution in [2.45, 2.75) is 38.8 Å². The molecule has 1 fully saturated rings. The second-order valence-electron chi connectivity index (χ2n) is 6.77. The second kappa shape index (κ2) is 6.06. The van der Waals surface area contributed by atoms with Gasteiger partial charge in [0.25, 0.3) is 0 Å². The molecule has 0 N–H and O–H groups in total. The number of aryl methyl sites for hydroxylation is 1. The molecule has 0 aliphatic carbocycles. The lowest BCUT2D eigenvalue weighted by molar-refractivity contribution is -0.0385. The third-order valence-corrected chi connectivity index (χ3v) is 4.70. The highest BCUT2D eigenvalue weighted by molar-refractivity contribution is 7.09. The van der Waals surface area contributed by atoms with E-state index in [0.29, 0.717) is 0 Å². The molecule has 1 atom stereocenters. The number of rotatable bonds is 3. The van der Waals surface area contributed by atoms with Crippen LogP contribution in [0.3, 0.4) is 0 Å². The molecule has 120 valence electrons. The monoisotopic (exact) mass is 321 g/mol. The minimum Gasteiger partial charge on any atom is -0.368 e. The molecule has 3 rings (SSSR count). The molecule has 0 bridgehead atoms. The van der Waals surface area contributed by atoms with E-state index < -0.39 is 0 Å². The van der Waals surface area contributed by atoms with E-state index in [1.54, 1.807) is 17.7 Å². The smallest absolute Gasteiger partial charge is 0.163 e. The summed E-state index contributed by atoms with van der Waals surface area (Å²) in [5.41, 5.74) is 1.28. The van der Waals surface area contributed by atoms with Gasteiger partial charge in [-0.05, 0) is 0 Å². The first-order valence-electron chi connectivity index (χ1n) is 7.56. The van der Waals surface area contributed by atoms with E-state index in [1.165, 1.54) is 10.7 Å². The average Bonchev–Trinajstić information content (AvgIpc) is 3.07. The number of ether oxygens (including phenoxy) is 1. The summed E-state index contributed by atoms with van der Waals surface area (Å²) >= 11 is 1.75. The van der Waals surface area contributed by atoms with Gasteiger partial charge in [0.15, 0.2) is 5.82 Å². The maximum absolute atomic E-state index is 5.85. The summed E-state index contributed by atoms with van der Waals surface area (Å²) in [6, 6.07) is 0. The Kier molecular flexibility index (Phi) is 4.29. The molecule has 1 aliphatic heterocycles. The molecule has 1 saturated heterocycles. The Bertz CT molecular complexity index is 630. The molecule has 1 unspecified atom stereocenters. The van der Waals surface area contributed by atoms with Crippen LogP contribution in [-0.4, -0.2) is 44.3 Å². The highest BCUT2D eigenvalue weighted by Crippen LogP contribution is 2.26. The third kappa shape index (κ3) is 3.37. The summed E-state index contributed by atoms with van der Waals surface area (Å²) in [6.45, 7) is 9.95. The van der Waals surface area contributed by atoms with Crippen molar-refractivity contribution in [2.24, 2.45) is 7.05 Å². The number of hydrogen-bond acceptors (Lipinski definition) is 6. The lowest BCUT2D eigenvalue weighted by atomic mass is 9.93. The van der Waals surface area contributed by atoms with E-state index in [4.69, 9.17) is 9.72 Å². The highest BCUT2D eigenvalue weighted by Gasteiger charge is 2.26. The summed E-state index contributed by atoms with van der Waals surface area (Å²) in [4.78, 5) is 7.17. The molecule has 3 heterocycles. The van der Waals surface area contributed by atoms with Crippen LogP contribution in [0, 0.1) is 0 Å². The van der Waals surface area contributed by atoms with Gasteiger partial charge in [0.2, 0.25) is 0 Å². The number of hydrogen-bond donors (Lipinski definition) is 0. The zero-order valence-corrected chi connectivity index (χ0v) is 14.4. The standard InChI is InChI=1S/C15H23N5OS/c1-15(2,3)12-9-22-13(17-12)8-20-5-6-21-11(7-20)14-18-16-10-19(14)4/h9-11H,5-8H2,1-4H3. The van der Waals surface area contributed by atoms with E-state index in [2.05, 4.69) is 41.2 Å². The largest absolute Gasteiger partial charge is 0.368 e. The first-order chi connectivity index (χ1) is 10.4. The van der Waals surface area contributed by atoms with Crippen LogP contribution in [0.1, 0.15) is 43.4 Å². The molecule has 1 aliphatic rings. The summed E-state index contributed by atoms with van der Waals surface area (Å²) in [5, 5.41) is 11.5. The quantitative estimate of drug-likeness (QED) is 0.867. The first kappa shape index (κ1) is 15.6. The van der Waals surface area contributed by atoms with Crippen molar-refractivity contribution in [1.29, 1.82) is 0 Å². The summed E-state index contributed by atoms with van der Waals surface area (Å²) in [6.07, 6.45) is 1.71. The molecule has 0 aromatic carbocycles. The number of nitrogens with zero attached hydrogens (tertiary/aromatic N) is 5. The lowest BCUT2D eigenvalue weighted by Crippen LogP contribution is -2.38. The zero-order chi connectivity index (χ0) is 15.7. The van der Waals surface area contributed by atoms with E-state index in [1.807, 2.05) is 11.6 Å². The minimum atomic E-state index is -0.0108. The summed E-state index contributed by atoms with van der Waals surface area (Å²) in [5.74, 6) is 0.888. The second-order valence-corrected chi connectivity index (χ2v) is 7.71. The van der Waals surface area contributed by atoms with Crippen molar-refractivity contribution >= 4 is 11.3 Å². The Balaban J connectivity index is 1.66. The molecule has 22 heavy (non-hydrogen) atoms. The SMILES string of the molecule is Cn1cnnc1C1CN(Cc2nc(C(C)(C)C)cs2)CCO1. The first-order valence-corrected chi connectivity index (χ1v) is 8.44. The van der Waals surface area contributed by atoms with Crippen molar-refractivity contribution in [2.75, 3.05) is 19.7 Å². The van der Waals surface area contributed by atoms with Crippen LogP contribution >= 0.6 is 11.3 Å². The Labute approximate surface area is 135 Å². The zero-order valence-electron chi connectivity index (χ0n) is 13.6. The van der Waals surface area contributed by atoms with Crippen molar-refractivity contribution < 1.29 is 4.74 Å². The molecule has 0 saturated carbocycles. The number of aromatic nitrogens is 4. The molecular weight excluding hydrogens is 298 g/mol. The minimum absolute atomic E-state index is 0.0108. The fourth-order valence-corrected chi connectivity index (χ4v) is 3.57. The molecule has 2 aromatic heterocycles. The maximum Gasteiger partial charge on any atom is 0.163 e. The van der Waals surface area contributed by atoms with E-state index in [0.717, 1.165) is 32.1 Å². The molecule has 0 spiro atoms. The Morgan fingerprint density at radius 1 is 1.41 bits per heavy atom. The van der Waals surface area contributed by atoms with Crippen LogP contribution in [-0.2, 0) is 23.7 Å². The van der Waals surface area contributed by atoms with Gasteiger partial charge in [-0.1, -0.05) is 20.8 Å². The molecule has 7 heteroatoms. The fourth-order valence-electron chi connectivity index (χ4n) is 2.51. The van der Waals surface area contributed by atoms with Gasteiger partial charge in [-0.2, -0.15) is 0 Å². The van der Waals surface area contributed by atoms with Crippen LogP contribution in [0.15, 0.2) is 11.7 Å². The summed E-state index contributed by atoms with van der Waals surface area (Å²) < 4.78 is 7.77. The van der Waals surface area contributed by atoms with Crippen molar-refractivity contribution in [1.82, 2.24) is 24.6 Å². The third-order valence-electron chi connectivity index (χ3n) is 3.86. The van der Waals surface area contributed by atoms with Crippen molar-refractivity contribution in [3.63, 3.8) is 0 Å². The van der Waals surface area contributed by atoms with E-state index in [9.17, 15) is 0 Å². The van der Waals surface area contributed by atoms with Gasteiger partial charge in [-0.3, -0.25) is 4.90 Å². The average molecular weight is 321 g/mol. The maximum atomic E-state index is 5.85. The van der Waals surface area contributed by atoms with Gasteiger partial charge in [0.1, 0.15) is 17.4 Å². The van der Waals surface area contributed by atoms with Gasteiger partial charge >= 0.3 is 0 Å². The van der Waals surface area contributed by atoms with Gasteiger partial charge in [-0.25, -0.2) is 4.98 Å². The van der Waals surface area contributed by atoms with Crippen molar-refractivity contribution in [3.8, 4) is 0 Å². The predicted molar refractivity (Wildman–Crippen MR) is 85.8 cm³/mol. The van der Waals surface area contributed by atoms with E-state index >= 15 is 0 Å². The molecule has 6 nitrogen and oxygen atoms in total. The normalized spacial score (nSPS) is 20.5. The van der Waals surface area contributed by atoms with Gasteiger partial charge in [0, 0.05) is 30.9 Å². The fraction of sp³-hybridized carbons (Fsp3) is 0.667. The van der Waals surface area contributed by atoms with Crippen LogP contribution in [0.5, 0.6) is 0 Å². The van der Waals surface area contributed by atoms with Crippen LogP contribution < -0.4 is 0 Å². The molecule has 0 radical (unpaired) electrons. The van der Waals surface area contributed by atoms with Gasteiger partial charge in [-0.15, -0.1) is 21.5 Å². The number of morpholine rings is 1. The Hall–Kier alpha value is -1.31. The lowest BCUT2D eigenvalue weighted by Gasteiger charge is -2.31. The van der Waals surface area contributed by atoms with Crippen LogP contribution in [0.2, 0.25) is 0 Å². The highest BCUT2D eigenvalue weighted by atomic mass is 32.1. The van der Waals surface area contributed by atoms with Gasteiger partial charge < -0.3 is 9.30 Å². The van der Waals surface area contributed by atoms with Crippen molar-refractivity contribution in [3.05, 3.63) is 28.2 Å². The molecular formula is C15H23N5OS. The predicted octanol–water partition coefficient (Wildman–Crippen LogP) is 2.14. The summed E-state index contributed by atoms with van der Waals surface area (Å²) in [7, 11) is 1.95. The van der Waals surface area contributed by atoms with Crippen LogP contribution in [0.4, 0.5) is 0 Å². The molecule has 2 aromatic rings. The molecule has 0 amide bonds. The van der Waals surface area contributed by atoms with Gasteiger partial charge in [0.05, 0.1) is 18.8 Å². The van der Waals surface area contributed by atoms with E-state index in [-0.39, 0.29) is 11.5 Å². The Morgan fingerprint density at radius 2 is 2.23 bits per heavy atom. The number of thiazole rings is 1.